The van der Waals surface area contributed by atoms with E-state index in [1.807, 2.05) is 0 Å². The summed E-state index contributed by atoms with van der Waals surface area (Å²) in [6.45, 7) is 0.189. The van der Waals surface area contributed by atoms with Gasteiger partial charge in [0.1, 0.15) is 5.75 Å². The lowest BCUT2D eigenvalue weighted by Crippen LogP contribution is -2.36. The summed E-state index contributed by atoms with van der Waals surface area (Å²) < 4.78 is 33.1. The minimum absolute atomic E-state index is 0.00409. The van der Waals surface area contributed by atoms with E-state index in [-0.39, 0.29) is 11.4 Å². The highest BCUT2D eigenvalue weighted by Gasteiger charge is 2.16. The van der Waals surface area contributed by atoms with Crippen molar-refractivity contribution < 1.29 is 27.2 Å². The molecule has 4 N–H and O–H groups in total. The number of ether oxygens (including phenoxy) is 1. The van der Waals surface area contributed by atoms with Crippen LogP contribution in [0.4, 0.5) is 5.69 Å². The van der Waals surface area contributed by atoms with E-state index in [4.69, 9.17) is 14.3 Å². The SMILES string of the molecule is COc1cc(NC(=O)C(=O)NCCc2ccc(S(N)(=O)=O)cc2)ccc1-c1cnco1. The molecule has 0 spiro atoms. The predicted octanol–water partition coefficient (Wildman–Crippen LogP) is 1.30. The fraction of sp³-hybridized carbons (Fsp3) is 0.150. The van der Waals surface area contributed by atoms with Gasteiger partial charge in [0.2, 0.25) is 10.0 Å². The van der Waals surface area contributed by atoms with Gasteiger partial charge in [-0.2, -0.15) is 0 Å². The van der Waals surface area contributed by atoms with Gasteiger partial charge in [0, 0.05) is 18.3 Å². The van der Waals surface area contributed by atoms with E-state index < -0.39 is 21.8 Å². The molecule has 162 valence electrons. The highest BCUT2D eigenvalue weighted by atomic mass is 32.2. The van der Waals surface area contributed by atoms with Crippen LogP contribution in [-0.2, 0) is 26.0 Å². The van der Waals surface area contributed by atoms with E-state index in [0.29, 0.717) is 29.2 Å². The second-order valence-electron chi connectivity index (χ2n) is 6.43. The molecule has 0 saturated carbocycles. The number of primary sulfonamides is 1. The van der Waals surface area contributed by atoms with Gasteiger partial charge in [-0.15, -0.1) is 0 Å². The first-order valence-electron chi connectivity index (χ1n) is 9.06. The molecule has 0 bridgehead atoms. The van der Waals surface area contributed by atoms with Crippen molar-refractivity contribution in [3.05, 3.63) is 60.6 Å². The van der Waals surface area contributed by atoms with E-state index in [2.05, 4.69) is 15.6 Å². The van der Waals surface area contributed by atoms with Gasteiger partial charge >= 0.3 is 11.8 Å². The van der Waals surface area contributed by atoms with Crippen LogP contribution in [0.5, 0.6) is 5.75 Å². The summed E-state index contributed by atoms with van der Waals surface area (Å²) in [6, 6.07) is 10.8. The van der Waals surface area contributed by atoms with Gasteiger partial charge in [0.25, 0.3) is 0 Å². The van der Waals surface area contributed by atoms with Crippen molar-refractivity contribution in [3.63, 3.8) is 0 Å². The molecular weight excluding hydrogens is 424 g/mol. The van der Waals surface area contributed by atoms with Crippen molar-refractivity contribution in [1.29, 1.82) is 0 Å². The molecule has 0 aliphatic carbocycles. The zero-order chi connectivity index (χ0) is 22.4. The smallest absolute Gasteiger partial charge is 0.313 e. The van der Waals surface area contributed by atoms with Crippen molar-refractivity contribution in [2.45, 2.75) is 11.3 Å². The Bertz CT molecular complexity index is 1170. The number of amides is 2. The summed E-state index contributed by atoms with van der Waals surface area (Å²) in [5.74, 6) is -0.694. The largest absolute Gasteiger partial charge is 0.496 e. The molecule has 31 heavy (non-hydrogen) atoms. The Labute approximate surface area is 178 Å². The maximum absolute atomic E-state index is 12.1. The van der Waals surface area contributed by atoms with Crippen molar-refractivity contribution in [2.75, 3.05) is 19.0 Å². The van der Waals surface area contributed by atoms with Crippen molar-refractivity contribution in [1.82, 2.24) is 10.3 Å². The Kier molecular flexibility index (Phi) is 6.68. The number of rotatable bonds is 7. The number of benzene rings is 2. The zero-order valence-corrected chi connectivity index (χ0v) is 17.3. The van der Waals surface area contributed by atoms with Crippen LogP contribution in [0, 0.1) is 0 Å². The molecule has 0 unspecified atom stereocenters. The molecule has 0 aliphatic heterocycles. The Morgan fingerprint density at radius 2 is 1.87 bits per heavy atom. The molecule has 0 fully saturated rings. The van der Waals surface area contributed by atoms with Crippen LogP contribution >= 0.6 is 0 Å². The maximum Gasteiger partial charge on any atom is 0.313 e. The first-order valence-corrected chi connectivity index (χ1v) is 10.6. The van der Waals surface area contributed by atoms with Gasteiger partial charge in [0.15, 0.2) is 12.2 Å². The van der Waals surface area contributed by atoms with E-state index >= 15 is 0 Å². The number of carbonyl (C=O) groups excluding carboxylic acids is 2. The van der Waals surface area contributed by atoms with Crippen molar-refractivity contribution >= 4 is 27.5 Å². The number of hydrogen-bond donors (Lipinski definition) is 3. The molecule has 1 aromatic heterocycles. The van der Waals surface area contributed by atoms with E-state index in [0.717, 1.165) is 5.56 Å². The van der Waals surface area contributed by atoms with Crippen LogP contribution in [0.3, 0.4) is 0 Å². The fourth-order valence-corrected chi connectivity index (χ4v) is 3.27. The van der Waals surface area contributed by atoms with Crippen molar-refractivity contribution in [2.24, 2.45) is 5.14 Å². The molecule has 1 heterocycles. The number of oxazole rings is 1. The highest BCUT2D eigenvalue weighted by molar-refractivity contribution is 7.89. The van der Waals surface area contributed by atoms with Crippen molar-refractivity contribution in [3.8, 4) is 17.1 Å². The van der Waals surface area contributed by atoms with Gasteiger partial charge in [-0.3, -0.25) is 9.59 Å². The molecule has 0 saturated heterocycles. The zero-order valence-electron chi connectivity index (χ0n) is 16.5. The average molecular weight is 444 g/mol. The Hall–Kier alpha value is -3.70. The monoisotopic (exact) mass is 444 g/mol. The lowest BCUT2D eigenvalue weighted by Gasteiger charge is -2.10. The van der Waals surface area contributed by atoms with Crippen LogP contribution in [-0.4, -0.2) is 38.9 Å². The van der Waals surface area contributed by atoms with E-state index in [1.54, 1.807) is 30.3 Å². The number of sulfonamides is 1. The van der Waals surface area contributed by atoms with E-state index in [9.17, 15) is 18.0 Å². The Morgan fingerprint density at radius 1 is 1.13 bits per heavy atom. The van der Waals surface area contributed by atoms with Crippen LogP contribution in [0.15, 0.2) is 64.4 Å². The number of methoxy groups -OCH3 is 1. The molecule has 0 aliphatic rings. The van der Waals surface area contributed by atoms with Crippen LogP contribution in [0.2, 0.25) is 0 Å². The number of carbonyl (C=O) groups is 2. The average Bonchev–Trinajstić information content (AvgIpc) is 3.28. The van der Waals surface area contributed by atoms with Crippen LogP contribution in [0.25, 0.3) is 11.3 Å². The maximum atomic E-state index is 12.1. The third-order valence-electron chi connectivity index (χ3n) is 4.31. The summed E-state index contributed by atoms with van der Waals surface area (Å²) in [5, 5.41) is 10.1. The first-order chi connectivity index (χ1) is 14.8. The van der Waals surface area contributed by atoms with Gasteiger partial charge in [-0.25, -0.2) is 18.5 Å². The van der Waals surface area contributed by atoms with E-state index in [1.165, 1.54) is 31.8 Å². The normalized spacial score (nSPS) is 11.0. The number of hydrogen-bond acceptors (Lipinski definition) is 7. The summed E-state index contributed by atoms with van der Waals surface area (Å²) >= 11 is 0. The van der Waals surface area contributed by atoms with Gasteiger partial charge in [-0.1, -0.05) is 12.1 Å². The lowest BCUT2D eigenvalue weighted by atomic mass is 10.1. The summed E-state index contributed by atoms with van der Waals surface area (Å²) in [7, 11) is -2.28. The predicted molar refractivity (Wildman–Crippen MR) is 112 cm³/mol. The molecule has 0 radical (unpaired) electrons. The second-order valence-corrected chi connectivity index (χ2v) is 7.99. The van der Waals surface area contributed by atoms with Gasteiger partial charge < -0.3 is 19.8 Å². The molecule has 0 atom stereocenters. The standard InChI is InChI=1S/C20H20N4O6S/c1-29-17-10-14(4-7-16(17)18-11-22-12-30-18)24-20(26)19(25)23-9-8-13-2-5-15(6-3-13)31(21,27)28/h2-7,10-12H,8-9H2,1H3,(H,23,25)(H,24,26)(H2,21,27,28). The molecule has 2 amide bonds. The number of nitrogens with one attached hydrogen (secondary N) is 2. The van der Waals surface area contributed by atoms with Gasteiger partial charge in [0.05, 0.1) is 23.8 Å². The van der Waals surface area contributed by atoms with Crippen LogP contribution in [0.1, 0.15) is 5.56 Å². The Balaban J connectivity index is 1.54. The molecule has 2 aromatic carbocycles. The minimum atomic E-state index is -3.76. The fourth-order valence-electron chi connectivity index (χ4n) is 2.76. The molecule has 10 nitrogen and oxygen atoms in total. The number of anilines is 1. The topological polar surface area (TPSA) is 154 Å². The molecule has 11 heteroatoms. The number of nitrogens with two attached hydrogens (primary N) is 1. The van der Waals surface area contributed by atoms with Gasteiger partial charge in [-0.05, 0) is 36.2 Å². The molecule has 3 aromatic rings. The first kappa shape index (κ1) is 22.0. The highest BCUT2D eigenvalue weighted by Crippen LogP contribution is 2.32. The Morgan fingerprint density at radius 3 is 2.48 bits per heavy atom. The lowest BCUT2D eigenvalue weighted by molar-refractivity contribution is -0.136. The summed E-state index contributed by atoms with van der Waals surface area (Å²) in [6.07, 6.45) is 3.24. The summed E-state index contributed by atoms with van der Waals surface area (Å²) in [5.41, 5.74) is 1.80. The van der Waals surface area contributed by atoms with Crippen LogP contribution < -0.4 is 20.5 Å². The third-order valence-corrected chi connectivity index (χ3v) is 5.24. The number of aromatic nitrogens is 1. The molecule has 3 rings (SSSR count). The third kappa shape index (κ3) is 5.68. The summed E-state index contributed by atoms with van der Waals surface area (Å²) in [4.78, 5) is 28.1. The quantitative estimate of drug-likeness (QED) is 0.464. The number of nitrogens with zero attached hydrogens (tertiary/aromatic N) is 1. The molecular formula is C20H20N4O6S. The minimum Gasteiger partial charge on any atom is -0.496 e. The second kappa shape index (κ2) is 9.41.